The third kappa shape index (κ3) is 3.24. The Hall–Kier alpha value is -2.43. The number of hydrogen-bond acceptors (Lipinski definition) is 3. The van der Waals surface area contributed by atoms with Gasteiger partial charge in [0, 0.05) is 30.9 Å². The molecule has 1 fully saturated rings. The molecule has 2 aromatic rings. The number of amides is 1. The molecule has 0 aliphatic carbocycles. The van der Waals surface area contributed by atoms with E-state index in [1.807, 2.05) is 18.2 Å². The van der Waals surface area contributed by atoms with Crippen molar-refractivity contribution in [3.05, 3.63) is 60.0 Å². The monoisotopic (exact) mass is 299 g/mol. The number of aromatic nitrogens is 1. The zero-order valence-corrected chi connectivity index (χ0v) is 12.2. The average molecular weight is 299 g/mol. The molecule has 22 heavy (non-hydrogen) atoms. The minimum atomic E-state index is -0.339. The van der Waals surface area contributed by atoms with Gasteiger partial charge in [-0.15, -0.1) is 0 Å². The largest absolute Gasteiger partial charge is 0.352 e. The zero-order valence-electron chi connectivity index (χ0n) is 12.2. The SMILES string of the molecule is O=C(NC[C@@H]1CCCN1c1ccccn1)c1ccc(F)cc1. The molecule has 4 nitrogen and oxygen atoms in total. The van der Waals surface area contributed by atoms with Crippen LogP contribution in [0.2, 0.25) is 0 Å². The molecule has 0 spiro atoms. The van der Waals surface area contributed by atoms with Crippen LogP contribution in [0.5, 0.6) is 0 Å². The summed E-state index contributed by atoms with van der Waals surface area (Å²) >= 11 is 0. The van der Waals surface area contributed by atoms with Crippen molar-refractivity contribution in [2.75, 3.05) is 18.0 Å². The van der Waals surface area contributed by atoms with Crippen LogP contribution in [-0.2, 0) is 0 Å². The van der Waals surface area contributed by atoms with Crippen molar-refractivity contribution in [3.63, 3.8) is 0 Å². The van der Waals surface area contributed by atoms with E-state index < -0.39 is 0 Å². The van der Waals surface area contributed by atoms with Crippen LogP contribution in [0.1, 0.15) is 23.2 Å². The van der Waals surface area contributed by atoms with Crippen molar-refractivity contribution >= 4 is 11.7 Å². The first kappa shape index (κ1) is 14.5. The average Bonchev–Trinajstić information content (AvgIpc) is 3.02. The summed E-state index contributed by atoms with van der Waals surface area (Å²) < 4.78 is 12.9. The molecule has 114 valence electrons. The van der Waals surface area contributed by atoms with Crippen LogP contribution in [0, 0.1) is 5.82 Å². The lowest BCUT2D eigenvalue weighted by molar-refractivity contribution is 0.0951. The topological polar surface area (TPSA) is 45.2 Å². The molecule has 5 heteroatoms. The summed E-state index contributed by atoms with van der Waals surface area (Å²) in [6.07, 6.45) is 3.90. The number of carbonyl (C=O) groups excluding carboxylic acids is 1. The Morgan fingerprint density at radius 1 is 1.27 bits per heavy atom. The standard InChI is InChI=1S/C17H18FN3O/c18-14-8-6-13(7-9-14)17(22)20-12-15-4-3-11-21(15)16-5-1-2-10-19-16/h1-2,5-10,15H,3-4,11-12H2,(H,20,22)/t15-/m0/s1. The molecule has 1 amide bonds. The summed E-state index contributed by atoms with van der Waals surface area (Å²) in [5.41, 5.74) is 0.476. The molecule has 0 bridgehead atoms. The van der Waals surface area contributed by atoms with Crippen molar-refractivity contribution in [1.82, 2.24) is 10.3 Å². The Morgan fingerprint density at radius 3 is 2.82 bits per heavy atom. The van der Waals surface area contributed by atoms with Gasteiger partial charge in [0.1, 0.15) is 11.6 Å². The molecule has 1 aliphatic rings. The number of nitrogens with zero attached hydrogens (tertiary/aromatic N) is 2. The van der Waals surface area contributed by atoms with Gasteiger partial charge in [-0.25, -0.2) is 9.37 Å². The molecule has 0 saturated carbocycles. The Morgan fingerprint density at radius 2 is 2.09 bits per heavy atom. The summed E-state index contributed by atoms with van der Waals surface area (Å²) in [7, 11) is 0. The van der Waals surface area contributed by atoms with Gasteiger partial charge in [0.25, 0.3) is 5.91 Å². The van der Waals surface area contributed by atoms with Gasteiger partial charge in [0.15, 0.2) is 0 Å². The maximum atomic E-state index is 12.9. The maximum absolute atomic E-state index is 12.9. The van der Waals surface area contributed by atoms with E-state index in [0.29, 0.717) is 12.1 Å². The van der Waals surface area contributed by atoms with E-state index in [1.165, 1.54) is 24.3 Å². The first-order valence-electron chi connectivity index (χ1n) is 7.45. The summed E-state index contributed by atoms with van der Waals surface area (Å²) in [5.74, 6) is 0.433. The minimum absolute atomic E-state index is 0.173. The molecule has 1 saturated heterocycles. The number of rotatable bonds is 4. The molecule has 1 atom stereocenters. The van der Waals surface area contributed by atoms with Crippen LogP contribution in [-0.4, -0.2) is 30.0 Å². The second kappa shape index (κ2) is 6.56. The fourth-order valence-corrected chi connectivity index (χ4v) is 2.79. The summed E-state index contributed by atoms with van der Waals surface area (Å²) in [5, 5.41) is 2.93. The fraction of sp³-hybridized carbons (Fsp3) is 0.294. The van der Waals surface area contributed by atoms with Crippen LogP contribution in [0.4, 0.5) is 10.2 Å². The lowest BCUT2D eigenvalue weighted by Gasteiger charge is -2.25. The smallest absolute Gasteiger partial charge is 0.251 e. The highest BCUT2D eigenvalue weighted by Gasteiger charge is 2.25. The highest BCUT2D eigenvalue weighted by atomic mass is 19.1. The third-order valence-corrected chi connectivity index (χ3v) is 3.93. The van der Waals surface area contributed by atoms with Crippen LogP contribution < -0.4 is 10.2 Å². The van der Waals surface area contributed by atoms with Crippen LogP contribution in [0.3, 0.4) is 0 Å². The Bertz CT molecular complexity index is 630. The molecule has 0 unspecified atom stereocenters. The van der Waals surface area contributed by atoms with Gasteiger partial charge in [0.2, 0.25) is 0 Å². The number of benzene rings is 1. The third-order valence-electron chi connectivity index (χ3n) is 3.93. The second-order valence-electron chi connectivity index (χ2n) is 5.39. The van der Waals surface area contributed by atoms with E-state index in [9.17, 15) is 9.18 Å². The van der Waals surface area contributed by atoms with Gasteiger partial charge in [-0.2, -0.15) is 0 Å². The Labute approximate surface area is 129 Å². The summed E-state index contributed by atoms with van der Waals surface area (Å²) in [4.78, 5) is 18.7. The molecule has 2 heterocycles. The first-order valence-corrected chi connectivity index (χ1v) is 7.45. The fourth-order valence-electron chi connectivity index (χ4n) is 2.79. The number of carbonyl (C=O) groups is 1. The highest BCUT2D eigenvalue weighted by Crippen LogP contribution is 2.22. The predicted octanol–water partition coefficient (Wildman–Crippen LogP) is 2.62. The van der Waals surface area contributed by atoms with Crippen molar-refractivity contribution in [1.29, 1.82) is 0 Å². The van der Waals surface area contributed by atoms with Gasteiger partial charge in [-0.05, 0) is 49.2 Å². The zero-order chi connectivity index (χ0) is 15.4. The lowest BCUT2D eigenvalue weighted by Crippen LogP contribution is -2.40. The van der Waals surface area contributed by atoms with Crippen LogP contribution in [0.25, 0.3) is 0 Å². The summed E-state index contributed by atoms with van der Waals surface area (Å²) in [6, 6.07) is 11.7. The summed E-state index contributed by atoms with van der Waals surface area (Å²) in [6.45, 7) is 1.51. The molecule has 0 radical (unpaired) electrons. The molecule has 1 N–H and O–H groups in total. The minimum Gasteiger partial charge on any atom is -0.352 e. The van der Waals surface area contributed by atoms with E-state index >= 15 is 0 Å². The van der Waals surface area contributed by atoms with Gasteiger partial charge >= 0.3 is 0 Å². The second-order valence-corrected chi connectivity index (χ2v) is 5.39. The Kier molecular flexibility index (Phi) is 4.32. The van der Waals surface area contributed by atoms with Gasteiger partial charge in [-0.3, -0.25) is 4.79 Å². The molecular weight excluding hydrogens is 281 g/mol. The number of halogens is 1. The predicted molar refractivity (Wildman–Crippen MR) is 83.3 cm³/mol. The van der Waals surface area contributed by atoms with E-state index in [-0.39, 0.29) is 17.8 Å². The van der Waals surface area contributed by atoms with E-state index in [4.69, 9.17) is 0 Å². The Balaban J connectivity index is 1.61. The van der Waals surface area contributed by atoms with E-state index in [0.717, 1.165) is 25.2 Å². The number of nitrogens with one attached hydrogen (secondary N) is 1. The lowest BCUT2D eigenvalue weighted by atomic mass is 10.2. The van der Waals surface area contributed by atoms with Crippen LogP contribution in [0.15, 0.2) is 48.7 Å². The first-order chi connectivity index (χ1) is 10.7. The van der Waals surface area contributed by atoms with Gasteiger partial charge < -0.3 is 10.2 Å². The number of hydrogen-bond donors (Lipinski definition) is 1. The van der Waals surface area contributed by atoms with Gasteiger partial charge in [-0.1, -0.05) is 6.07 Å². The quantitative estimate of drug-likeness (QED) is 0.944. The van der Waals surface area contributed by atoms with Gasteiger partial charge in [0.05, 0.1) is 0 Å². The van der Waals surface area contributed by atoms with E-state index in [2.05, 4.69) is 15.2 Å². The molecule has 3 rings (SSSR count). The van der Waals surface area contributed by atoms with Crippen molar-refractivity contribution in [3.8, 4) is 0 Å². The normalized spacial score (nSPS) is 17.5. The molecule has 1 aromatic carbocycles. The van der Waals surface area contributed by atoms with Crippen molar-refractivity contribution in [2.24, 2.45) is 0 Å². The maximum Gasteiger partial charge on any atom is 0.251 e. The number of pyridine rings is 1. The molecule has 1 aliphatic heterocycles. The van der Waals surface area contributed by atoms with E-state index in [1.54, 1.807) is 6.20 Å². The molecule has 1 aromatic heterocycles. The van der Waals surface area contributed by atoms with Crippen molar-refractivity contribution in [2.45, 2.75) is 18.9 Å². The van der Waals surface area contributed by atoms with Crippen molar-refractivity contribution < 1.29 is 9.18 Å². The highest BCUT2D eigenvalue weighted by molar-refractivity contribution is 5.94. The number of anilines is 1. The molecular formula is C17H18FN3O. The van der Waals surface area contributed by atoms with Crippen LogP contribution >= 0.6 is 0 Å².